The highest BCUT2D eigenvalue weighted by molar-refractivity contribution is 7.13. The van der Waals surface area contributed by atoms with Crippen LogP contribution in [0.4, 0.5) is 5.13 Å². The molecule has 1 aliphatic carbocycles. The molecule has 3 aromatic rings. The van der Waals surface area contributed by atoms with Crippen LogP contribution in [-0.4, -0.2) is 4.98 Å². The highest BCUT2D eigenvalue weighted by Crippen LogP contribution is 2.45. The molecular formula is C18H15ClN2S. The molecule has 2 N–H and O–H groups in total. The van der Waals surface area contributed by atoms with Crippen molar-refractivity contribution in [2.24, 2.45) is 0 Å². The second-order valence-corrected chi connectivity index (χ2v) is 7.11. The number of hydrogen-bond donors (Lipinski definition) is 1. The summed E-state index contributed by atoms with van der Waals surface area (Å²) in [5.74, 6) is 0. The molecule has 2 aromatic carbocycles. The molecule has 0 fully saturated rings. The van der Waals surface area contributed by atoms with Gasteiger partial charge in [0.05, 0.1) is 5.69 Å². The number of nitrogens with zero attached hydrogens (tertiary/aromatic N) is 1. The number of aromatic nitrogens is 1. The zero-order valence-corrected chi connectivity index (χ0v) is 13.5. The summed E-state index contributed by atoms with van der Waals surface area (Å²) in [6.45, 7) is 0. The van der Waals surface area contributed by atoms with Gasteiger partial charge in [-0.2, -0.15) is 0 Å². The Bertz CT molecular complexity index is 815. The minimum atomic E-state index is -0.164. The molecule has 0 spiro atoms. The molecule has 0 aliphatic heterocycles. The Morgan fingerprint density at radius 1 is 1.05 bits per heavy atom. The maximum Gasteiger partial charge on any atom is 0.180 e. The van der Waals surface area contributed by atoms with Gasteiger partial charge in [0, 0.05) is 15.8 Å². The maximum atomic E-state index is 6.25. The average molecular weight is 327 g/mol. The molecule has 2 nitrogen and oxygen atoms in total. The molecule has 4 heteroatoms. The van der Waals surface area contributed by atoms with Gasteiger partial charge in [-0.15, -0.1) is 11.3 Å². The quantitative estimate of drug-likeness (QED) is 0.755. The van der Waals surface area contributed by atoms with E-state index in [9.17, 15) is 0 Å². The zero-order valence-electron chi connectivity index (χ0n) is 11.9. The molecule has 0 radical (unpaired) electrons. The molecule has 0 amide bonds. The summed E-state index contributed by atoms with van der Waals surface area (Å²) in [5, 5.41) is 3.46. The van der Waals surface area contributed by atoms with Gasteiger partial charge in [0.1, 0.15) is 0 Å². The summed E-state index contributed by atoms with van der Waals surface area (Å²) in [4.78, 5) is 4.61. The largest absolute Gasteiger partial charge is 0.375 e. The molecule has 1 aliphatic rings. The van der Waals surface area contributed by atoms with E-state index in [1.807, 2.05) is 12.1 Å². The van der Waals surface area contributed by atoms with Crippen LogP contribution in [0, 0.1) is 0 Å². The van der Waals surface area contributed by atoms with Crippen molar-refractivity contribution in [1.82, 2.24) is 4.98 Å². The van der Waals surface area contributed by atoms with Gasteiger partial charge in [-0.25, -0.2) is 4.98 Å². The number of halogens is 1. The summed E-state index contributed by atoms with van der Waals surface area (Å²) in [6, 6.07) is 16.7. The van der Waals surface area contributed by atoms with E-state index in [2.05, 4.69) is 46.8 Å². The molecule has 0 saturated carbocycles. The molecule has 0 saturated heterocycles. The Hall–Kier alpha value is -1.84. The standard InChI is InChI=1S/C18H15ClN2S/c19-15-7-3-6-14(8-15)18(16-11-22-17(20)21-16)9-12-4-1-2-5-13(12)10-18/h1-8,11H,9-10H2,(H2,20,21). The first-order valence-corrected chi connectivity index (χ1v) is 8.47. The molecular weight excluding hydrogens is 312 g/mol. The highest BCUT2D eigenvalue weighted by atomic mass is 35.5. The van der Waals surface area contributed by atoms with E-state index in [1.165, 1.54) is 28.0 Å². The van der Waals surface area contributed by atoms with Gasteiger partial charge in [-0.1, -0.05) is 48.0 Å². The maximum absolute atomic E-state index is 6.25. The first-order valence-electron chi connectivity index (χ1n) is 7.22. The number of thiazole rings is 1. The van der Waals surface area contributed by atoms with Crippen molar-refractivity contribution in [2.45, 2.75) is 18.3 Å². The summed E-state index contributed by atoms with van der Waals surface area (Å²) < 4.78 is 0. The van der Waals surface area contributed by atoms with E-state index in [4.69, 9.17) is 17.3 Å². The van der Waals surface area contributed by atoms with Crippen molar-refractivity contribution in [3.63, 3.8) is 0 Å². The van der Waals surface area contributed by atoms with E-state index in [-0.39, 0.29) is 5.41 Å². The van der Waals surface area contributed by atoms with Gasteiger partial charge in [-0.05, 0) is 41.7 Å². The first kappa shape index (κ1) is 13.8. The lowest BCUT2D eigenvalue weighted by molar-refractivity contribution is 0.534. The van der Waals surface area contributed by atoms with Crippen molar-refractivity contribution in [3.05, 3.63) is 81.3 Å². The van der Waals surface area contributed by atoms with E-state index >= 15 is 0 Å². The van der Waals surface area contributed by atoms with Gasteiger partial charge in [-0.3, -0.25) is 0 Å². The van der Waals surface area contributed by atoms with Crippen molar-refractivity contribution >= 4 is 28.1 Å². The number of anilines is 1. The number of rotatable bonds is 2. The third-order valence-corrected chi connectivity index (χ3v) is 5.40. The summed E-state index contributed by atoms with van der Waals surface area (Å²) in [6.07, 6.45) is 1.87. The van der Waals surface area contributed by atoms with E-state index in [0.29, 0.717) is 5.13 Å². The number of hydrogen-bond acceptors (Lipinski definition) is 3. The molecule has 1 heterocycles. The fraction of sp³-hybridized carbons (Fsp3) is 0.167. The number of fused-ring (bicyclic) bond motifs is 1. The third-order valence-electron chi connectivity index (χ3n) is 4.49. The van der Waals surface area contributed by atoms with E-state index in [1.54, 1.807) is 0 Å². The Morgan fingerprint density at radius 2 is 1.77 bits per heavy atom. The second kappa shape index (κ2) is 5.11. The van der Waals surface area contributed by atoms with Crippen LogP contribution in [0.15, 0.2) is 53.9 Å². The number of benzene rings is 2. The zero-order chi connectivity index (χ0) is 15.2. The van der Waals surface area contributed by atoms with Crippen LogP contribution >= 0.6 is 22.9 Å². The summed E-state index contributed by atoms with van der Waals surface area (Å²) in [7, 11) is 0. The Kier molecular flexibility index (Phi) is 3.21. The van der Waals surface area contributed by atoms with Gasteiger partial charge < -0.3 is 5.73 Å². The van der Waals surface area contributed by atoms with Crippen LogP contribution in [0.1, 0.15) is 22.4 Å². The first-order chi connectivity index (χ1) is 10.7. The summed E-state index contributed by atoms with van der Waals surface area (Å²) >= 11 is 7.75. The Balaban J connectivity index is 1.91. The SMILES string of the molecule is Nc1nc(C2(c3cccc(Cl)c3)Cc3ccccc3C2)cs1. The molecule has 110 valence electrons. The molecule has 0 bridgehead atoms. The van der Waals surface area contributed by atoms with E-state index < -0.39 is 0 Å². The molecule has 22 heavy (non-hydrogen) atoms. The van der Waals surface area contributed by atoms with Crippen LogP contribution in [0.2, 0.25) is 5.02 Å². The molecule has 0 unspecified atom stereocenters. The van der Waals surface area contributed by atoms with E-state index in [0.717, 1.165) is 23.6 Å². The average Bonchev–Trinajstić information content (AvgIpc) is 3.11. The van der Waals surface area contributed by atoms with Gasteiger partial charge >= 0.3 is 0 Å². The second-order valence-electron chi connectivity index (χ2n) is 5.79. The van der Waals surface area contributed by atoms with Crippen LogP contribution in [0.3, 0.4) is 0 Å². The lowest BCUT2D eigenvalue weighted by atomic mass is 9.75. The van der Waals surface area contributed by atoms with Crippen molar-refractivity contribution in [3.8, 4) is 0 Å². The van der Waals surface area contributed by atoms with Gasteiger partial charge in [0.2, 0.25) is 0 Å². The molecule has 0 atom stereocenters. The predicted molar refractivity (Wildman–Crippen MR) is 92.6 cm³/mol. The van der Waals surface area contributed by atoms with Gasteiger partial charge in [0.15, 0.2) is 5.13 Å². The lowest BCUT2D eigenvalue weighted by Gasteiger charge is -2.28. The Labute approximate surface area is 138 Å². The summed E-state index contributed by atoms with van der Waals surface area (Å²) in [5.41, 5.74) is 10.8. The normalized spacial score (nSPS) is 15.7. The van der Waals surface area contributed by atoms with Crippen molar-refractivity contribution < 1.29 is 0 Å². The van der Waals surface area contributed by atoms with Gasteiger partial charge in [0.25, 0.3) is 0 Å². The minimum absolute atomic E-state index is 0.164. The third kappa shape index (κ3) is 2.13. The lowest BCUT2D eigenvalue weighted by Crippen LogP contribution is -2.29. The molecule has 1 aromatic heterocycles. The predicted octanol–water partition coefficient (Wildman–Crippen LogP) is 4.46. The monoisotopic (exact) mass is 326 g/mol. The number of nitrogen functional groups attached to an aromatic ring is 1. The molecule has 4 rings (SSSR count). The van der Waals surface area contributed by atoms with Crippen LogP contribution < -0.4 is 5.73 Å². The topological polar surface area (TPSA) is 38.9 Å². The van der Waals surface area contributed by atoms with Crippen molar-refractivity contribution in [1.29, 1.82) is 0 Å². The fourth-order valence-electron chi connectivity index (χ4n) is 3.44. The highest BCUT2D eigenvalue weighted by Gasteiger charge is 2.42. The van der Waals surface area contributed by atoms with Crippen LogP contribution in [0.25, 0.3) is 0 Å². The van der Waals surface area contributed by atoms with Crippen LogP contribution in [-0.2, 0) is 18.3 Å². The van der Waals surface area contributed by atoms with Crippen molar-refractivity contribution in [2.75, 3.05) is 5.73 Å². The minimum Gasteiger partial charge on any atom is -0.375 e. The number of nitrogens with two attached hydrogens (primary N) is 1. The smallest absolute Gasteiger partial charge is 0.180 e. The fourth-order valence-corrected chi connectivity index (χ4v) is 4.29. The van der Waals surface area contributed by atoms with Crippen LogP contribution in [0.5, 0.6) is 0 Å². The Morgan fingerprint density at radius 3 is 2.36 bits per heavy atom.